The Morgan fingerprint density at radius 2 is 1.89 bits per heavy atom. The lowest BCUT2D eigenvalue weighted by Gasteiger charge is -2.21. The normalized spacial score (nSPS) is 17.7. The lowest BCUT2D eigenvalue weighted by molar-refractivity contribution is 0.0600. The summed E-state index contributed by atoms with van der Waals surface area (Å²) in [6.45, 7) is 4.28. The Kier molecular flexibility index (Phi) is 7.23. The van der Waals surface area contributed by atoms with Crippen molar-refractivity contribution in [1.29, 1.82) is 0 Å². The summed E-state index contributed by atoms with van der Waals surface area (Å²) in [5, 5.41) is 0. The lowest BCUT2D eigenvalue weighted by atomic mass is 9.97. The largest absolute Gasteiger partial charge is 0.412 e. The standard InChI is InChI=1S/C14H20O3S.H2O/c1-12-2-4-14(5-3-12)18(15)17-11-8-13-6-9-16-10-7-13;/h2-5,13H,6-11H2,1H3;1H2. The zero-order valence-corrected chi connectivity index (χ0v) is 12.1. The number of hydrogen-bond donors (Lipinski definition) is 0. The minimum absolute atomic E-state index is 0. The average Bonchev–Trinajstić information content (AvgIpc) is 2.40. The van der Waals surface area contributed by atoms with E-state index in [1.54, 1.807) is 0 Å². The van der Waals surface area contributed by atoms with Gasteiger partial charge in [-0.25, -0.2) is 4.21 Å². The average molecular weight is 286 g/mol. The van der Waals surface area contributed by atoms with Crippen LogP contribution in [-0.4, -0.2) is 29.5 Å². The van der Waals surface area contributed by atoms with Crippen molar-refractivity contribution >= 4 is 11.1 Å². The molecule has 0 radical (unpaired) electrons. The van der Waals surface area contributed by atoms with Crippen LogP contribution < -0.4 is 0 Å². The summed E-state index contributed by atoms with van der Waals surface area (Å²) in [6, 6.07) is 7.63. The van der Waals surface area contributed by atoms with Crippen molar-refractivity contribution in [3.63, 3.8) is 0 Å². The van der Waals surface area contributed by atoms with Crippen LogP contribution >= 0.6 is 0 Å². The van der Waals surface area contributed by atoms with Crippen LogP contribution in [0.5, 0.6) is 0 Å². The number of ether oxygens (including phenoxy) is 1. The quantitative estimate of drug-likeness (QED) is 0.831. The van der Waals surface area contributed by atoms with Crippen LogP contribution in [0.25, 0.3) is 0 Å². The van der Waals surface area contributed by atoms with Crippen LogP contribution in [0.15, 0.2) is 29.2 Å². The van der Waals surface area contributed by atoms with Gasteiger partial charge < -0.3 is 10.2 Å². The number of aryl methyl sites for hydroxylation is 1. The second-order valence-corrected chi connectivity index (χ2v) is 5.89. The lowest BCUT2D eigenvalue weighted by Crippen LogP contribution is -2.17. The minimum Gasteiger partial charge on any atom is -0.412 e. The molecule has 2 rings (SSSR count). The van der Waals surface area contributed by atoms with Crippen LogP contribution in [0.2, 0.25) is 0 Å². The molecule has 1 unspecified atom stereocenters. The first-order valence-electron chi connectivity index (χ1n) is 6.45. The van der Waals surface area contributed by atoms with Crippen molar-refractivity contribution in [2.75, 3.05) is 19.8 Å². The molecule has 0 saturated carbocycles. The smallest absolute Gasteiger partial charge is 0.189 e. The maximum absolute atomic E-state index is 11.9. The first-order valence-corrected chi connectivity index (χ1v) is 7.52. The van der Waals surface area contributed by atoms with E-state index >= 15 is 0 Å². The summed E-state index contributed by atoms with van der Waals surface area (Å²) in [5.41, 5.74) is 1.16. The molecule has 1 heterocycles. The molecule has 0 bridgehead atoms. The molecular weight excluding hydrogens is 264 g/mol. The van der Waals surface area contributed by atoms with E-state index in [0.29, 0.717) is 12.5 Å². The molecule has 1 aliphatic heterocycles. The monoisotopic (exact) mass is 286 g/mol. The molecule has 19 heavy (non-hydrogen) atoms. The molecule has 5 heteroatoms. The number of rotatable bonds is 5. The maximum atomic E-state index is 11.9. The third-order valence-corrected chi connectivity index (χ3v) is 4.31. The van der Waals surface area contributed by atoms with Crippen molar-refractivity contribution in [1.82, 2.24) is 0 Å². The van der Waals surface area contributed by atoms with Gasteiger partial charge in [0.25, 0.3) is 0 Å². The van der Waals surface area contributed by atoms with Crippen LogP contribution in [-0.2, 0) is 20.0 Å². The molecule has 1 fully saturated rings. The van der Waals surface area contributed by atoms with Gasteiger partial charge in [-0.2, -0.15) is 0 Å². The predicted octanol–water partition coefficient (Wildman–Crippen LogP) is 2.03. The molecule has 1 aromatic carbocycles. The first-order chi connectivity index (χ1) is 8.75. The third-order valence-electron chi connectivity index (χ3n) is 3.27. The Bertz CT molecular complexity index is 385. The van der Waals surface area contributed by atoms with Gasteiger partial charge in [0.1, 0.15) is 0 Å². The summed E-state index contributed by atoms with van der Waals surface area (Å²) in [6.07, 6.45) is 3.17. The Morgan fingerprint density at radius 3 is 2.53 bits per heavy atom. The van der Waals surface area contributed by atoms with Gasteiger partial charge in [0, 0.05) is 13.2 Å². The van der Waals surface area contributed by atoms with Crippen molar-refractivity contribution < 1.29 is 18.6 Å². The summed E-state index contributed by atoms with van der Waals surface area (Å²) >= 11 is -1.33. The summed E-state index contributed by atoms with van der Waals surface area (Å²) in [5.74, 6) is 0.661. The molecule has 2 N–H and O–H groups in total. The van der Waals surface area contributed by atoms with Gasteiger partial charge in [0.2, 0.25) is 0 Å². The van der Waals surface area contributed by atoms with Gasteiger partial charge in [-0.3, -0.25) is 4.18 Å². The topological polar surface area (TPSA) is 67.0 Å². The molecule has 0 aliphatic carbocycles. The summed E-state index contributed by atoms with van der Waals surface area (Å²) < 4.78 is 22.6. The number of benzene rings is 1. The molecule has 0 amide bonds. The van der Waals surface area contributed by atoms with Crippen molar-refractivity contribution in [2.45, 2.75) is 31.1 Å². The van der Waals surface area contributed by atoms with E-state index in [1.165, 1.54) is 0 Å². The third kappa shape index (κ3) is 5.40. The SMILES string of the molecule is Cc1ccc(S(=O)OCCC2CCOCC2)cc1.O. The molecule has 1 saturated heterocycles. The molecule has 1 aliphatic rings. The zero-order valence-electron chi connectivity index (χ0n) is 11.3. The fraction of sp³-hybridized carbons (Fsp3) is 0.571. The zero-order chi connectivity index (χ0) is 12.8. The Hall–Kier alpha value is -0.750. The highest BCUT2D eigenvalue weighted by Gasteiger charge is 2.14. The highest BCUT2D eigenvalue weighted by molar-refractivity contribution is 7.80. The molecule has 1 aromatic rings. The van der Waals surface area contributed by atoms with Crippen LogP contribution in [0.1, 0.15) is 24.8 Å². The second kappa shape index (κ2) is 8.43. The molecular formula is C14H22O4S. The highest BCUT2D eigenvalue weighted by atomic mass is 32.2. The fourth-order valence-electron chi connectivity index (χ4n) is 2.04. The fourth-order valence-corrected chi connectivity index (χ4v) is 2.78. The second-order valence-electron chi connectivity index (χ2n) is 4.71. The molecule has 0 aromatic heterocycles. The van der Waals surface area contributed by atoms with Crippen LogP contribution in [0.4, 0.5) is 0 Å². The van der Waals surface area contributed by atoms with Crippen LogP contribution in [0.3, 0.4) is 0 Å². The number of hydrogen-bond acceptors (Lipinski definition) is 3. The maximum Gasteiger partial charge on any atom is 0.189 e. The molecule has 4 nitrogen and oxygen atoms in total. The van der Waals surface area contributed by atoms with E-state index in [1.807, 2.05) is 31.2 Å². The van der Waals surface area contributed by atoms with E-state index in [0.717, 1.165) is 42.9 Å². The minimum atomic E-state index is -1.33. The van der Waals surface area contributed by atoms with Gasteiger partial charge in [-0.1, -0.05) is 17.7 Å². The molecule has 108 valence electrons. The van der Waals surface area contributed by atoms with E-state index in [2.05, 4.69) is 0 Å². The highest BCUT2D eigenvalue weighted by Crippen LogP contribution is 2.19. The van der Waals surface area contributed by atoms with Gasteiger partial charge in [0.15, 0.2) is 11.1 Å². The Labute approximate surface area is 117 Å². The van der Waals surface area contributed by atoms with E-state index < -0.39 is 11.1 Å². The van der Waals surface area contributed by atoms with E-state index in [9.17, 15) is 4.21 Å². The predicted molar refractivity (Wildman–Crippen MR) is 75.3 cm³/mol. The van der Waals surface area contributed by atoms with Crippen molar-refractivity contribution in [3.05, 3.63) is 29.8 Å². The first kappa shape index (κ1) is 16.3. The van der Waals surface area contributed by atoms with Crippen molar-refractivity contribution in [3.8, 4) is 0 Å². The van der Waals surface area contributed by atoms with Crippen molar-refractivity contribution in [2.24, 2.45) is 5.92 Å². The molecule has 0 spiro atoms. The summed E-state index contributed by atoms with van der Waals surface area (Å²) in [4.78, 5) is 0.743. The Morgan fingerprint density at radius 1 is 1.26 bits per heavy atom. The van der Waals surface area contributed by atoms with Crippen LogP contribution in [0, 0.1) is 12.8 Å². The summed E-state index contributed by atoms with van der Waals surface area (Å²) in [7, 11) is 0. The van der Waals surface area contributed by atoms with E-state index in [4.69, 9.17) is 8.92 Å². The Balaban J connectivity index is 0.00000180. The van der Waals surface area contributed by atoms with Gasteiger partial charge in [-0.15, -0.1) is 0 Å². The van der Waals surface area contributed by atoms with Gasteiger partial charge in [0.05, 0.1) is 11.5 Å². The van der Waals surface area contributed by atoms with Gasteiger partial charge >= 0.3 is 0 Å². The van der Waals surface area contributed by atoms with E-state index in [-0.39, 0.29) is 5.48 Å². The molecule has 1 atom stereocenters. The van der Waals surface area contributed by atoms with Gasteiger partial charge in [-0.05, 0) is 44.2 Å².